The number of allylic oxidation sites excluding steroid dienone is 24. The predicted molar refractivity (Wildman–Crippen MR) is 445 cm³/mol. The van der Waals surface area contributed by atoms with Gasteiger partial charge in [0.1, 0.15) is 19.3 Å². The van der Waals surface area contributed by atoms with Crippen LogP contribution < -0.4 is 0 Å². The van der Waals surface area contributed by atoms with Gasteiger partial charge in [0.2, 0.25) is 0 Å². The van der Waals surface area contributed by atoms with Gasteiger partial charge in [-0.3, -0.25) is 37.3 Å². The topological polar surface area (TPSA) is 237 Å². The van der Waals surface area contributed by atoms with E-state index >= 15 is 0 Å². The lowest BCUT2D eigenvalue weighted by Crippen LogP contribution is -2.30. The maximum absolute atomic E-state index is 13.1. The minimum absolute atomic E-state index is 0.0511. The first kappa shape index (κ1) is 103. The molecule has 17 nitrogen and oxygen atoms in total. The quantitative estimate of drug-likeness (QED) is 0.0169. The summed E-state index contributed by atoms with van der Waals surface area (Å²) in [7, 11) is -10.00. The minimum Gasteiger partial charge on any atom is -0.462 e. The molecule has 0 aliphatic rings. The molecule has 0 heterocycles. The average molecular weight is 1550 g/mol. The van der Waals surface area contributed by atoms with Crippen LogP contribution >= 0.6 is 15.6 Å². The lowest BCUT2D eigenvalue weighted by Gasteiger charge is -2.21. The summed E-state index contributed by atoms with van der Waals surface area (Å²) in [6.07, 6.45) is 92.4. The second-order valence-electron chi connectivity index (χ2n) is 27.6. The highest BCUT2D eigenvalue weighted by Gasteiger charge is 2.30. The molecule has 0 saturated heterocycles. The first-order valence-corrected chi connectivity index (χ1v) is 45.1. The van der Waals surface area contributed by atoms with Crippen molar-refractivity contribution in [2.75, 3.05) is 39.6 Å². The molecule has 0 spiro atoms. The van der Waals surface area contributed by atoms with Crippen molar-refractivity contribution in [1.29, 1.82) is 0 Å². The number of aliphatic hydroxyl groups excluding tert-OH is 1. The van der Waals surface area contributed by atoms with Gasteiger partial charge >= 0.3 is 39.5 Å². The summed E-state index contributed by atoms with van der Waals surface area (Å²) in [5, 5.41) is 10.7. The van der Waals surface area contributed by atoms with Gasteiger partial charge in [0.25, 0.3) is 0 Å². The number of rotatable bonds is 78. The molecule has 0 amide bonds. The fourth-order valence-electron chi connectivity index (χ4n) is 10.9. The van der Waals surface area contributed by atoms with Gasteiger partial charge < -0.3 is 33.8 Å². The highest BCUT2D eigenvalue weighted by molar-refractivity contribution is 7.47. The van der Waals surface area contributed by atoms with Crippen molar-refractivity contribution in [2.24, 2.45) is 0 Å². The lowest BCUT2D eigenvalue weighted by molar-refractivity contribution is -0.161. The minimum atomic E-state index is -5.00. The Morgan fingerprint density at radius 2 is 0.481 bits per heavy atom. The molecule has 4 atom stereocenters. The van der Waals surface area contributed by atoms with Gasteiger partial charge in [-0.2, -0.15) is 0 Å². The molecule has 0 aromatic carbocycles. The van der Waals surface area contributed by atoms with E-state index in [1.165, 1.54) is 77.0 Å². The third kappa shape index (κ3) is 79.0. The molecule has 0 rings (SSSR count). The van der Waals surface area contributed by atoms with Gasteiger partial charge in [-0.05, 0) is 167 Å². The summed E-state index contributed by atoms with van der Waals surface area (Å²) < 4.78 is 68.7. The van der Waals surface area contributed by atoms with Crippen LogP contribution in [0.15, 0.2) is 146 Å². The van der Waals surface area contributed by atoms with E-state index in [-0.39, 0.29) is 25.7 Å². The number of phosphoric acid groups is 2. The van der Waals surface area contributed by atoms with Crippen LogP contribution in [0.5, 0.6) is 0 Å². The monoisotopic (exact) mass is 1550 g/mol. The molecule has 3 N–H and O–H groups in total. The van der Waals surface area contributed by atoms with Crippen molar-refractivity contribution >= 4 is 39.5 Å². The van der Waals surface area contributed by atoms with E-state index in [9.17, 15) is 43.2 Å². The maximum Gasteiger partial charge on any atom is 0.472 e. The van der Waals surface area contributed by atoms with Gasteiger partial charge in [-0.15, -0.1) is 0 Å². The standard InChI is InChI=1S/C89H150O17P2/c1-5-9-13-17-21-25-29-33-37-39-41-43-47-51-55-59-63-67-71-75-88(93)105-84(79-99-86(91)73-69-65-61-57-53-49-45-35-31-27-23-19-15-11-7-3)81-103-107(95,96)101-77-83(90)78-102-108(97,98)104-82-85(80-100-87(92)74-70-66-62-58-54-50-46-36-32-28-24-20-16-12-8-4)106-89(94)76-72-68-64-60-56-52-48-44-42-40-38-34-30-26-22-18-14-10-6-2/h9-10,13-14,21-22,25-28,31-34,37-38,41-44,51-52,55-56,83-85,90H,5-8,11-12,15-20,23-24,29-30,35-36,39-40,45-50,53-54,57-82H2,1-4H3,(H,95,96)(H,97,98)/b13-9-,14-10-,25-21-,26-22-,31-27-,32-28-,37-33-,38-34-,43-41-,44-42-,55-51-,56-52-/t84-,85-/m1/s1. The lowest BCUT2D eigenvalue weighted by atomic mass is 10.1. The molecule has 0 aromatic rings. The number of aliphatic hydroxyl groups is 1. The molecule has 0 aromatic heterocycles. The van der Waals surface area contributed by atoms with Crippen LogP contribution in [0.4, 0.5) is 0 Å². The van der Waals surface area contributed by atoms with E-state index in [0.717, 1.165) is 180 Å². The van der Waals surface area contributed by atoms with Crippen molar-refractivity contribution in [3.05, 3.63) is 146 Å². The van der Waals surface area contributed by atoms with Crippen LogP contribution in [0.1, 0.15) is 336 Å². The second-order valence-corrected chi connectivity index (χ2v) is 30.6. The van der Waals surface area contributed by atoms with E-state index in [4.69, 9.17) is 37.0 Å². The van der Waals surface area contributed by atoms with E-state index in [0.29, 0.717) is 25.7 Å². The molecule has 108 heavy (non-hydrogen) atoms. The first-order chi connectivity index (χ1) is 52.7. The largest absolute Gasteiger partial charge is 0.472 e. The van der Waals surface area contributed by atoms with Gasteiger partial charge in [-0.25, -0.2) is 9.13 Å². The number of carbonyl (C=O) groups is 4. The van der Waals surface area contributed by atoms with E-state index < -0.39 is 97.5 Å². The Kier molecular flexibility index (Phi) is 76.3. The SMILES string of the molecule is CC/C=C\C/C=C\C/C=C\C/C=C\C/C=C\CCCCCC(=O)O[C@H](COC(=O)CCCCCCCCC/C=C\CCCCCC)COP(=O)(O)OCC(O)COP(=O)(O)OC[C@@H](COC(=O)CCCCCCCCC/C=C\CCCCCC)OC(=O)CCCCC/C=C\C/C=C\C/C=C\C/C=C\C/C=C\CC. The molecular weight excluding hydrogens is 1400 g/mol. The molecule has 19 heteroatoms. The van der Waals surface area contributed by atoms with E-state index in [2.05, 4.69) is 174 Å². The number of unbranched alkanes of at least 4 members (excludes halogenated alkanes) is 28. The smallest absolute Gasteiger partial charge is 0.462 e. The number of ether oxygens (including phenoxy) is 4. The summed E-state index contributed by atoms with van der Waals surface area (Å²) >= 11 is 0. The Morgan fingerprint density at radius 1 is 0.269 bits per heavy atom. The number of phosphoric ester groups is 2. The number of esters is 4. The van der Waals surface area contributed by atoms with Gasteiger partial charge in [0, 0.05) is 25.7 Å². The van der Waals surface area contributed by atoms with Crippen molar-refractivity contribution in [3.63, 3.8) is 0 Å². The molecule has 0 radical (unpaired) electrons. The Labute approximate surface area is 656 Å². The number of carbonyl (C=O) groups excluding carboxylic acids is 4. The molecule has 0 fully saturated rings. The van der Waals surface area contributed by atoms with Crippen molar-refractivity contribution < 1.29 is 80.2 Å². The molecule has 0 bridgehead atoms. The highest BCUT2D eigenvalue weighted by atomic mass is 31.2. The van der Waals surface area contributed by atoms with Gasteiger partial charge in [-0.1, -0.05) is 289 Å². The Hall–Kier alpha value is -5.06. The number of hydrogen-bond acceptors (Lipinski definition) is 15. The first-order valence-electron chi connectivity index (χ1n) is 42.1. The molecule has 0 aliphatic carbocycles. The molecule has 2 unspecified atom stereocenters. The van der Waals surface area contributed by atoms with Crippen molar-refractivity contribution in [2.45, 2.75) is 354 Å². The average Bonchev–Trinajstić information content (AvgIpc) is 0.907. The maximum atomic E-state index is 13.1. The fraction of sp³-hybridized carbons (Fsp3) is 0.685. The van der Waals surface area contributed by atoms with Crippen molar-refractivity contribution in [3.8, 4) is 0 Å². The van der Waals surface area contributed by atoms with E-state index in [1.807, 2.05) is 0 Å². The van der Waals surface area contributed by atoms with Crippen LogP contribution in [-0.2, 0) is 65.4 Å². The van der Waals surface area contributed by atoms with Crippen LogP contribution in [0.25, 0.3) is 0 Å². The summed E-state index contributed by atoms with van der Waals surface area (Å²) in [6, 6.07) is 0. The summed E-state index contributed by atoms with van der Waals surface area (Å²) in [4.78, 5) is 73.2. The van der Waals surface area contributed by atoms with Crippen LogP contribution in [0.2, 0.25) is 0 Å². The Morgan fingerprint density at radius 3 is 0.759 bits per heavy atom. The van der Waals surface area contributed by atoms with Crippen LogP contribution in [-0.4, -0.2) is 96.7 Å². The Balaban J connectivity index is 5.46. The third-order valence-electron chi connectivity index (χ3n) is 17.3. The summed E-state index contributed by atoms with van der Waals surface area (Å²) in [6.45, 7) is 4.57. The highest BCUT2D eigenvalue weighted by Crippen LogP contribution is 2.45. The summed E-state index contributed by atoms with van der Waals surface area (Å²) in [5.74, 6) is -2.25. The molecule has 0 aliphatic heterocycles. The Bertz CT molecular complexity index is 2440. The molecule has 0 saturated carbocycles. The third-order valence-corrected chi connectivity index (χ3v) is 19.2. The van der Waals surface area contributed by atoms with E-state index in [1.54, 1.807) is 0 Å². The molecule has 618 valence electrons. The fourth-order valence-corrected chi connectivity index (χ4v) is 12.5. The predicted octanol–water partition coefficient (Wildman–Crippen LogP) is 25.0. The van der Waals surface area contributed by atoms with Crippen LogP contribution in [0, 0.1) is 0 Å². The zero-order chi connectivity index (χ0) is 78.9. The normalized spacial score (nSPS) is 14.5. The van der Waals surface area contributed by atoms with Gasteiger partial charge in [0.15, 0.2) is 12.2 Å². The number of hydrogen-bond donors (Lipinski definition) is 3. The molecular formula is C89H150O17P2. The summed E-state index contributed by atoms with van der Waals surface area (Å²) in [5.41, 5.74) is 0. The van der Waals surface area contributed by atoms with Crippen molar-refractivity contribution in [1.82, 2.24) is 0 Å². The zero-order valence-electron chi connectivity index (χ0n) is 67.7. The zero-order valence-corrected chi connectivity index (χ0v) is 69.5. The second kappa shape index (κ2) is 80.0. The van der Waals surface area contributed by atoms with Gasteiger partial charge in [0.05, 0.1) is 26.4 Å². The van der Waals surface area contributed by atoms with Crippen LogP contribution in [0.3, 0.4) is 0 Å².